The predicted octanol–water partition coefficient (Wildman–Crippen LogP) is 4.34. The number of hydrogen-bond acceptors (Lipinski definition) is 4. The fraction of sp³-hybridized carbons (Fsp3) is 0.250. The lowest BCUT2D eigenvalue weighted by molar-refractivity contribution is 0.0474. The summed E-state index contributed by atoms with van der Waals surface area (Å²) in [5, 5.41) is 0. The minimum absolute atomic E-state index is 0.209. The zero-order valence-electron chi connectivity index (χ0n) is 17.0. The number of nitrogens with zero attached hydrogens (tertiary/aromatic N) is 1. The van der Waals surface area contributed by atoms with Crippen molar-refractivity contribution in [3.05, 3.63) is 94.3 Å². The maximum absolute atomic E-state index is 12.7. The van der Waals surface area contributed by atoms with Crippen molar-refractivity contribution in [3.8, 4) is 0 Å². The molecule has 0 saturated heterocycles. The molecule has 29 heavy (non-hydrogen) atoms. The Kier molecular flexibility index (Phi) is 6.62. The SMILES string of the molecule is COCc1cccc(C(=O)OCC(=O)c2cc(C)n(Cc3ccccc3)c2C)c1. The van der Waals surface area contributed by atoms with E-state index in [0.29, 0.717) is 24.3 Å². The van der Waals surface area contributed by atoms with E-state index in [1.807, 2.05) is 44.2 Å². The van der Waals surface area contributed by atoms with Crippen molar-refractivity contribution < 1.29 is 19.1 Å². The predicted molar refractivity (Wildman–Crippen MR) is 111 cm³/mol. The number of benzene rings is 2. The molecule has 0 aliphatic carbocycles. The number of aryl methyl sites for hydroxylation is 1. The Morgan fingerprint density at radius 1 is 0.931 bits per heavy atom. The third-order valence-corrected chi connectivity index (χ3v) is 4.87. The van der Waals surface area contributed by atoms with Crippen LogP contribution in [0.15, 0.2) is 60.7 Å². The minimum atomic E-state index is -0.519. The summed E-state index contributed by atoms with van der Waals surface area (Å²) in [6.45, 7) is 4.70. The number of methoxy groups -OCH3 is 1. The molecule has 3 rings (SSSR count). The maximum atomic E-state index is 12.7. The highest BCUT2D eigenvalue weighted by Crippen LogP contribution is 2.18. The lowest BCUT2D eigenvalue weighted by Gasteiger charge is -2.10. The fourth-order valence-electron chi connectivity index (χ4n) is 3.34. The summed E-state index contributed by atoms with van der Waals surface area (Å²) in [6, 6.07) is 18.9. The molecule has 0 radical (unpaired) electrons. The molecule has 5 nitrogen and oxygen atoms in total. The number of ether oxygens (including phenoxy) is 2. The Hall–Kier alpha value is -3.18. The van der Waals surface area contributed by atoms with E-state index in [1.165, 1.54) is 0 Å². The number of carbonyl (C=O) groups is 2. The Bertz CT molecular complexity index is 1000. The van der Waals surface area contributed by atoms with E-state index < -0.39 is 5.97 Å². The van der Waals surface area contributed by atoms with E-state index in [-0.39, 0.29) is 12.4 Å². The molecule has 0 saturated carbocycles. The van der Waals surface area contributed by atoms with Crippen LogP contribution in [0.25, 0.3) is 0 Å². The lowest BCUT2D eigenvalue weighted by Crippen LogP contribution is -2.15. The van der Waals surface area contributed by atoms with E-state index in [4.69, 9.17) is 9.47 Å². The summed E-state index contributed by atoms with van der Waals surface area (Å²) in [4.78, 5) is 25.0. The van der Waals surface area contributed by atoms with Crippen LogP contribution in [0, 0.1) is 13.8 Å². The van der Waals surface area contributed by atoms with Gasteiger partial charge >= 0.3 is 5.97 Å². The highest BCUT2D eigenvalue weighted by molar-refractivity contribution is 6.00. The van der Waals surface area contributed by atoms with Crippen LogP contribution in [0.1, 0.15) is 43.2 Å². The molecule has 0 aliphatic rings. The molecule has 3 aromatic rings. The minimum Gasteiger partial charge on any atom is -0.454 e. The third kappa shape index (κ3) is 5.00. The van der Waals surface area contributed by atoms with Crippen molar-refractivity contribution in [3.63, 3.8) is 0 Å². The number of Topliss-reactive ketones (excluding diaryl/α,β-unsaturated/α-hetero) is 1. The van der Waals surface area contributed by atoms with Crippen molar-refractivity contribution in [2.75, 3.05) is 13.7 Å². The first kappa shape index (κ1) is 20.6. The molecule has 0 N–H and O–H groups in total. The highest BCUT2D eigenvalue weighted by atomic mass is 16.5. The molecule has 1 aromatic heterocycles. The normalized spacial score (nSPS) is 10.7. The molecule has 0 bridgehead atoms. The van der Waals surface area contributed by atoms with Crippen molar-refractivity contribution in [1.29, 1.82) is 0 Å². The standard InChI is InChI=1S/C24H25NO4/c1-17-12-22(18(2)25(17)14-19-8-5-4-6-9-19)23(26)16-29-24(27)21-11-7-10-20(13-21)15-28-3/h4-13H,14-16H2,1-3H3. The average molecular weight is 391 g/mol. The Balaban J connectivity index is 1.67. The summed E-state index contributed by atoms with van der Waals surface area (Å²) in [5.74, 6) is -0.729. The number of hydrogen-bond donors (Lipinski definition) is 0. The van der Waals surface area contributed by atoms with Crippen LogP contribution in [0.5, 0.6) is 0 Å². The number of rotatable bonds is 8. The fourth-order valence-corrected chi connectivity index (χ4v) is 3.34. The second-order valence-electron chi connectivity index (χ2n) is 6.99. The topological polar surface area (TPSA) is 57.5 Å². The quantitative estimate of drug-likeness (QED) is 0.423. The molecular weight excluding hydrogens is 366 g/mol. The highest BCUT2D eigenvalue weighted by Gasteiger charge is 2.18. The van der Waals surface area contributed by atoms with E-state index in [2.05, 4.69) is 16.7 Å². The summed E-state index contributed by atoms with van der Waals surface area (Å²) in [6.07, 6.45) is 0. The summed E-state index contributed by atoms with van der Waals surface area (Å²) in [5.41, 5.74) is 4.89. The van der Waals surface area contributed by atoms with Gasteiger partial charge in [-0.2, -0.15) is 0 Å². The maximum Gasteiger partial charge on any atom is 0.338 e. The molecule has 0 amide bonds. The molecule has 0 atom stereocenters. The smallest absolute Gasteiger partial charge is 0.338 e. The average Bonchev–Trinajstić information content (AvgIpc) is 3.01. The molecule has 1 heterocycles. The van der Waals surface area contributed by atoms with Crippen molar-refractivity contribution >= 4 is 11.8 Å². The Morgan fingerprint density at radius 3 is 2.38 bits per heavy atom. The molecule has 5 heteroatoms. The number of ketones is 1. The van der Waals surface area contributed by atoms with Gasteiger partial charge in [-0.05, 0) is 43.2 Å². The largest absolute Gasteiger partial charge is 0.454 e. The molecule has 0 fully saturated rings. The van der Waals surface area contributed by atoms with Gasteiger partial charge in [-0.3, -0.25) is 4.79 Å². The zero-order valence-corrected chi connectivity index (χ0v) is 17.0. The second-order valence-corrected chi connectivity index (χ2v) is 6.99. The number of carbonyl (C=O) groups excluding carboxylic acids is 2. The molecule has 0 aliphatic heterocycles. The van der Waals surface area contributed by atoms with Crippen LogP contribution in [0.3, 0.4) is 0 Å². The van der Waals surface area contributed by atoms with Gasteiger partial charge in [-0.1, -0.05) is 42.5 Å². The number of aromatic nitrogens is 1. The van der Waals surface area contributed by atoms with Gasteiger partial charge in [0, 0.05) is 30.6 Å². The Labute approximate surface area is 170 Å². The van der Waals surface area contributed by atoms with Gasteiger partial charge in [-0.15, -0.1) is 0 Å². The first-order valence-electron chi connectivity index (χ1n) is 9.48. The van der Waals surface area contributed by atoms with E-state index in [0.717, 1.165) is 22.5 Å². The van der Waals surface area contributed by atoms with Gasteiger partial charge in [0.15, 0.2) is 6.61 Å². The summed E-state index contributed by atoms with van der Waals surface area (Å²) >= 11 is 0. The second kappa shape index (κ2) is 9.34. The monoisotopic (exact) mass is 391 g/mol. The molecule has 0 unspecified atom stereocenters. The summed E-state index contributed by atoms with van der Waals surface area (Å²) in [7, 11) is 1.60. The van der Waals surface area contributed by atoms with Gasteiger partial charge in [0.05, 0.1) is 12.2 Å². The molecule has 0 spiro atoms. The van der Waals surface area contributed by atoms with Gasteiger partial charge in [0.25, 0.3) is 0 Å². The van der Waals surface area contributed by atoms with Gasteiger partial charge in [0.1, 0.15) is 0 Å². The zero-order chi connectivity index (χ0) is 20.8. The summed E-state index contributed by atoms with van der Waals surface area (Å²) < 4.78 is 12.4. The van der Waals surface area contributed by atoms with Crippen LogP contribution >= 0.6 is 0 Å². The van der Waals surface area contributed by atoms with Gasteiger partial charge in [0.2, 0.25) is 5.78 Å². The van der Waals surface area contributed by atoms with Crippen molar-refractivity contribution in [2.45, 2.75) is 27.0 Å². The first-order chi connectivity index (χ1) is 14.0. The van der Waals surface area contributed by atoms with Crippen LogP contribution in [-0.4, -0.2) is 30.0 Å². The van der Waals surface area contributed by atoms with Gasteiger partial charge in [-0.25, -0.2) is 4.79 Å². The lowest BCUT2D eigenvalue weighted by atomic mass is 10.1. The van der Waals surface area contributed by atoms with E-state index >= 15 is 0 Å². The molecule has 2 aromatic carbocycles. The molecule has 150 valence electrons. The Morgan fingerprint density at radius 2 is 1.66 bits per heavy atom. The van der Waals surface area contributed by atoms with Crippen LogP contribution in [-0.2, 0) is 22.6 Å². The van der Waals surface area contributed by atoms with E-state index in [1.54, 1.807) is 25.3 Å². The first-order valence-corrected chi connectivity index (χ1v) is 9.48. The van der Waals surface area contributed by atoms with Crippen LogP contribution in [0.4, 0.5) is 0 Å². The molecular formula is C24H25NO4. The van der Waals surface area contributed by atoms with E-state index in [9.17, 15) is 9.59 Å². The third-order valence-electron chi connectivity index (χ3n) is 4.87. The van der Waals surface area contributed by atoms with Crippen LogP contribution < -0.4 is 0 Å². The number of esters is 1. The van der Waals surface area contributed by atoms with Gasteiger partial charge < -0.3 is 14.0 Å². The van der Waals surface area contributed by atoms with Crippen LogP contribution in [0.2, 0.25) is 0 Å². The van der Waals surface area contributed by atoms with Crippen molar-refractivity contribution in [2.24, 2.45) is 0 Å². The van der Waals surface area contributed by atoms with Crippen molar-refractivity contribution in [1.82, 2.24) is 4.57 Å².